The molecule has 0 spiro atoms. The maximum Gasteiger partial charge on any atom is 0.277 e. The summed E-state index contributed by atoms with van der Waals surface area (Å²) in [5.41, 5.74) is 1.41. The molecule has 0 unspecified atom stereocenters. The van der Waals surface area contributed by atoms with E-state index in [1.807, 2.05) is 12.3 Å². The van der Waals surface area contributed by atoms with Gasteiger partial charge < -0.3 is 0 Å². The number of aryl methyl sites for hydroxylation is 1. The zero-order valence-corrected chi connectivity index (χ0v) is 10.7. The molecule has 0 radical (unpaired) electrons. The molecule has 5 nitrogen and oxygen atoms in total. The summed E-state index contributed by atoms with van der Waals surface area (Å²) in [5.74, 6) is 0. The minimum absolute atomic E-state index is 0.0802. The van der Waals surface area contributed by atoms with Crippen molar-refractivity contribution >= 4 is 11.8 Å². The first-order chi connectivity index (χ1) is 9.20. The molecule has 5 heteroatoms. The Balaban J connectivity index is 2.33. The van der Waals surface area contributed by atoms with Crippen LogP contribution in [-0.2, 0) is 6.54 Å². The second-order valence-electron chi connectivity index (χ2n) is 4.19. The number of nitrogens with zero attached hydrogens (tertiary/aromatic N) is 3. The fourth-order valence-electron chi connectivity index (χ4n) is 1.81. The van der Waals surface area contributed by atoms with Crippen LogP contribution in [0.2, 0.25) is 0 Å². The minimum atomic E-state index is -0.369. The second-order valence-corrected chi connectivity index (χ2v) is 4.19. The standard InChI is InChI=1S/C14H15N3O2/c1-2-8-16-11-12(10-15-16)9-14(17(18)19)13-6-4-3-5-7-13/h3-7,9-11H,2,8H2,1H3/b14-9+. The van der Waals surface area contributed by atoms with Crippen LogP contribution in [0.25, 0.3) is 11.8 Å². The molecule has 0 saturated carbocycles. The molecular formula is C14H15N3O2. The third-order valence-electron chi connectivity index (χ3n) is 2.68. The van der Waals surface area contributed by atoms with Gasteiger partial charge in [-0.05, 0) is 18.6 Å². The lowest BCUT2D eigenvalue weighted by Crippen LogP contribution is -1.97. The van der Waals surface area contributed by atoms with Crippen molar-refractivity contribution in [2.45, 2.75) is 19.9 Å². The molecule has 2 aromatic rings. The highest BCUT2D eigenvalue weighted by Crippen LogP contribution is 2.18. The highest BCUT2D eigenvalue weighted by molar-refractivity contribution is 5.75. The number of hydrogen-bond acceptors (Lipinski definition) is 3. The molecule has 2 rings (SSSR count). The van der Waals surface area contributed by atoms with Crippen LogP contribution in [0, 0.1) is 10.1 Å². The van der Waals surface area contributed by atoms with E-state index in [1.54, 1.807) is 41.2 Å². The molecule has 1 aromatic carbocycles. The molecule has 1 aromatic heterocycles. The van der Waals surface area contributed by atoms with Gasteiger partial charge in [0.1, 0.15) is 0 Å². The molecule has 0 bridgehead atoms. The SMILES string of the molecule is CCCn1cc(/C=C(\c2ccccc2)[N+](=O)[O-])cn1. The predicted octanol–water partition coefficient (Wildman–Crippen LogP) is 3.07. The number of nitro groups is 1. The molecule has 0 aliphatic carbocycles. The first-order valence-electron chi connectivity index (χ1n) is 6.14. The number of rotatable bonds is 5. The highest BCUT2D eigenvalue weighted by Gasteiger charge is 2.13. The van der Waals surface area contributed by atoms with Gasteiger partial charge in [0.2, 0.25) is 0 Å². The van der Waals surface area contributed by atoms with Gasteiger partial charge in [0, 0.05) is 24.4 Å². The number of benzene rings is 1. The Morgan fingerprint density at radius 1 is 1.42 bits per heavy atom. The lowest BCUT2D eigenvalue weighted by atomic mass is 10.1. The van der Waals surface area contributed by atoms with Gasteiger partial charge in [-0.2, -0.15) is 5.10 Å². The lowest BCUT2D eigenvalue weighted by Gasteiger charge is -1.97. The molecule has 0 N–H and O–H groups in total. The van der Waals surface area contributed by atoms with E-state index in [9.17, 15) is 10.1 Å². The smallest absolute Gasteiger partial charge is 0.272 e. The highest BCUT2D eigenvalue weighted by atomic mass is 16.6. The van der Waals surface area contributed by atoms with E-state index < -0.39 is 0 Å². The summed E-state index contributed by atoms with van der Waals surface area (Å²) < 4.78 is 1.79. The van der Waals surface area contributed by atoms with Crippen LogP contribution < -0.4 is 0 Å². The van der Waals surface area contributed by atoms with Crippen molar-refractivity contribution in [2.75, 3.05) is 0 Å². The van der Waals surface area contributed by atoms with Crippen molar-refractivity contribution in [3.63, 3.8) is 0 Å². The Kier molecular flexibility index (Phi) is 4.07. The molecule has 98 valence electrons. The van der Waals surface area contributed by atoms with E-state index in [4.69, 9.17) is 0 Å². The zero-order valence-electron chi connectivity index (χ0n) is 10.7. The van der Waals surface area contributed by atoms with Gasteiger partial charge in [0.25, 0.3) is 5.70 Å². The Morgan fingerprint density at radius 2 is 2.16 bits per heavy atom. The lowest BCUT2D eigenvalue weighted by molar-refractivity contribution is -0.374. The van der Waals surface area contributed by atoms with Gasteiger partial charge in [-0.1, -0.05) is 25.1 Å². The maximum absolute atomic E-state index is 11.1. The Morgan fingerprint density at radius 3 is 2.79 bits per heavy atom. The molecule has 0 saturated heterocycles. The quantitative estimate of drug-likeness (QED) is 0.611. The third kappa shape index (κ3) is 3.28. The normalized spacial score (nSPS) is 11.5. The second kappa shape index (κ2) is 5.95. The average Bonchev–Trinajstić information content (AvgIpc) is 2.85. The van der Waals surface area contributed by atoms with Gasteiger partial charge in [-0.3, -0.25) is 14.8 Å². The molecular weight excluding hydrogens is 242 g/mol. The van der Waals surface area contributed by atoms with E-state index in [0.717, 1.165) is 18.5 Å². The van der Waals surface area contributed by atoms with Crippen LogP contribution in [0.15, 0.2) is 42.7 Å². The summed E-state index contributed by atoms with van der Waals surface area (Å²) in [4.78, 5) is 10.8. The minimum Gasteiger partial charge on any atom is -0.272 e. The van der Waals surface area contributed by atoms with Crippen molar-refractivity contribution in [3.8, 4) is 0 Å². The van der Waals surface area contributed by atoms with Crippen LogP contribution in [-0.4, -0.2) is 14.7 Å². The fraction of sp³-hybridized carbons (Fsp3) is 0.214. The Bertz CT molecular complexity index is 588. The summed E-state index contributed by atoms with van der Waals surface area (Å²) in [7, 11) is 0. The molecule has 1 heterocycles. The monoisotopic (exact) mass is 257 g/mol. The largest absolute Gasteiger partial charge is 0.277 e. The van der Waals surface area contributed by atoms with Crippen LogP contribution in [0.3, 0.4) is 0 Å². The van der Waals surface area contributed by atoms with E-state index in [1.165, 1.54) is 0 Å². The average molecular weight is 257 g/mol. The molecule has 0 amide bonds. The Labute approximate surface area is 111 Å². The summed E-state index contributed by atoms with van der Waals surface area (Å²) >= 11 is 0. The van der Waals surface area contributed by atoms with E-state index in [2.05, 4.69) is 12.0 Å². The zero-order chi connectivity index (χ0) is 13.7. The van der Waals surface area contributed by atoms with E-state index in [0.29, 0.717) is 5.56 Å². The van der Waals surface area contributed by atoms with Crippen molar-refractivity contribution in [3.05, 3.63) is 64.0 Å². The summed E-state index contributed by atoms with van der Waals surface area (Å²) in [6, 6.07) is 8.86. The van der Waals surface area contributed by atoms with Crippen LogP contribution >= 0.6 is 0 Å². The summed E-state index contributed by atoms with van der Waals surface area (Å²) in [6.07, 6.45) is 5.98. The first-order valence-corrected chi connectivity index (χ1v) is 6.14. The van der Waals surface area contributed by atoms with Gasteiger partial charge in [-0.15, -0.1) is 0 Å². The van der Waals surface area contributed by atoms with Crippen molar-refractivity contribution in [1.82, 2.24) is 9.78 Å². The number of aromatic nitrogens is 2. The maximum atomic E-state index is 11.1. The molecule has 0 aliphatic rings. The van der Waals surface area contributed by atoms with Crippen molar-refractivity contribution < 1.29 is 4.92 Å². The van der Waals surface area contributed by atoms with Crippen molar-refractivity contribution in [2.24, 2.45) is 0 Å². The van der Waals surface area contributed by atoms with E-state index >= 15 is 0 Å². The van der Waals surface area contributed by atoms with Gasteiger partial charge >= 0.3 is 0 Å². The predicted molar refractivity (Wildman–Crippen MR) is 73.8 cm³/mol. The third-order valence-corrected chi connectivity index (χ3v) is 2.68. The molecule has 0 atom stereocenters. The molecule has 0 fully saturated rings. The number of hydrogen-bond donors (Lipinski definition) is 0. The van der Waals surface area contributed by atoms with Crippen LogP contribution in [0.4, 0.5) is 0 Å². The fourth-order valence-corrected chi connectivity index (χ4v) is 1.81. The van der Waals surface area contributed by atoms with Gasteiger partial charge in [0.15, 0.2) is 0 Å². The van der Waals surface area contributed by atoms with Crippen molar-refractivity contribution in [1.29, 1.82) is 0 Å². The molecule has 0 aliphatic heterocycles. The van der Waals surface area contributed by atoms with E-state index in [-0.39, 0.29) is 10.6 Å². The van der Waals surface area contributed by atoms with Gasteiger partial charge in [-0.25, -0.2) is 0 Å². The Hall–Kier alpha value is -2.43. The first kappa shape index (κ1) is 13.0. The summed E-state index contributed by atoms with van der Waals surface area (Å²) in [6.45, 7) is 2.87. The van der Waals surface area contributed by atoms with Crippen LogP contribution in [0.5, 0.6) is 0 Å². The van der Waals surface area contributed by atoms with Crippen LogP contribution in [0.1, 0.15) is 24.5 Å². The topological polar surface area (TPSA) is 61.0 Å². The summed E-state index contributed by atoms with van der Waals surface area (Å²) in [5, 5.41) is 15.3. The molecule has 19 heavy (non-hydrogen) atoms. The van der Waals surface area contributed by atoms with Gasteiger partial charge in [0.05, 0.1) is 16.7 Å².